The van der Waals surface area contributed by atoms with E-state index in [9.17, 15) is 13.6 Å². The minimum Gasteiger partial charge on any atom is -0.491 e. The van der Waals surface area contributed by atoms with Gasteiger partial charge in [0.05, 0.1) is 12.3 Å². The summed E-state index contributed by atoms with van der Waals surface area (Å²) in [7, 11) is 0. The number of piperazine rings is 1. The Bertz CT molecular complexity index is 1980. The molecule has 0 spiro atoms. The molecule has 0 aliphatic carbocycles. The molecule has 5 aromatic rings. The van der Waals surface area contributed by atoms with Gasteiger partial charge in [0.25, 0.3) is 0 Å². The van der Waals surface area contributed by atoms with Crippen molar-refractivity contribution in [3.05, 3.63) is 112 Å². The zero-order valence-corrected chi connectivity index (χ0v) is 29.2. The third-order valence-electron chi connectivity index (χ3n) is 9.22. The van der Waals surface area contributed by atoms with Gasteiger partial charge in [0.1, 0.15) is 49.3 Å². The van der Waals surface area contributed by atoms with Crippen LogP contribution in [0.5, 0.6) is 5.75 Å². The van der Waals surface area contributed by atoms with E-state index in [1.807, 2.05) is 62.4 Å². The van der Waals surface area contributed by atoms with E-state index in [2.05, 4.69) is 40.9 Å². The fraction of sp³-hybridized carbons (Fsp3) is 0.371. The molecule has 15 heteroatoms. The minimum absolute atomic E-state index is 0.00396. The van der Waals surface area contributed by atoms with Crippen molar-refractivity contribution in [2.75, 3.05) is 49.2 Å². The average Bonchev–Trinajstić information content (AvgIpc) is 3.85. The zero-order valence-electron chi connectivity index (χ0n) is 27.7. The Hall–Kier alpha value is -4.60. The molecule has 0 amide bonds. The van der Waals surface area contributed by atoms with Crippen molar-refractivity contribution in [1.29, 1.82) is 0 Å². The average molecular weight is 752 g/mol. The number of hydrogen-bond donors (Lipinski definition) is 0. The van der Waals surface area contributed by atoms with Crippen molar-refractivity contribution >= 4 is 27.3 Å². The topological polar surface area (TPSA) is 105 Å². The van der Waals surface area contributed by atoms with Crippen molar-refractivity contribution in [2.24, 2.45) is 0 Å². The minimum atomic E-state index is -1.54. The van der Waals surface area contributed by atoms with Gasteiger partial charge in [-0.25, -0.2) is 23.2 Å². The molecule has 4 heterocycles. The Labute approximate surface area is 295 Å². The molecule has 2 fully saturated rings. The predicted octanol–water partition coefficient (Wildman–Crippen LogP) is 5.31. The second-order valence-corrected chi connectivity index (χ2v) is 13.1. The first-order chi connectivity index (χ1) is 24.2. The number of aromatic nitrogens is 6. The number of hydrogen-bond acceptors (Lipinski definition) is 9. The van der Waals surface area contributed by atoms with Crippen molar-refractivity contribution in [3.8, 4) is 11.4 Å². The molecule has 2 aromatic heterocycles. The first-order valence-electron chi connectivity index (χ1n) is 16.5. The summed E-state index contributed by atoms with van der Waals surface area (Å²) in [5, 5.41) is 8.53. The Morgan fingerprint density at radius 3 is 2.24 bits per heavy atom. The van der Waals surface area contributed by atoms with E-state index in [4.69, 9.17) is 14.2 Å². The summed E-state index contributed by atoms with van der Waals surface area (Å²) in [6.45, 7) is 7.75. The first kappa shape index (κ1) is 33.9. The molecule has 3 atom stereocenters. The summed E-state index contributed by atoms with van der Waals surface area (Å²) in [5.41, 5.74) is 2.87. The van der Waals surface area contributed by atoms with Gasteiger partial charge in [-0.2, -0.15) is 9.78 Å². The van der Waals surface area contributed by atoms with Gasteiger partial charge < -0.3 is 24.0 Å². The van der Waals surface area contributed by atoms with Crippen LogP contribution in [0.4, 0.5) is 20.2 Å². The Kier molecular flexibility index (Phi) is 9.71. The van der Waals surface area contributed by atoms with Crippen LogP contribution in [0.3, 0.4) is 0 Å². The van der Waals surface area contributed by atoms with E-state index in [0.29, 0.717) is 10.5 Å². The first-order valence-corrected chi connectivity index (χ1v) is 17.3. The van der Waals surface area contributed by atoms with Gasteiger partial charge in [0, 0.05) is 55.2 Å². The number of ether oxygens (including phenoxy) is 3. The summed E-state index contributed by atoms with van der Waals surface area (Å²) in [6, 6.07) is 19.3. The second-order valence-electron chi connectivity index (χ2n) is 12.4. The van der Waals surface area contributed by atoms with E-state index >= 15 is 0 Å². The summed E-state index contributed by atoms with van der Waals surface area (Å²) in [4.78, 5) is 21.5. The number of nitrogens with zero attached hydrogens (tertiary/aromatic N) is 8. The molecule has 50 heavy (non-hydrogen) atoms. The van der Waals surface area contributed by atoms with E-state index in [1.165, 1.54) is 27.8 Å². The normalized spacial score (nSPS) is 20.0. The highest BCUT2D eigenvalue weighted by Gasteiger charge is 2.46. The molecule has 12 nitrogen and oxygen atoms in total. The quantitative estimate of drug-likeness (QED) is 0.178. The van der Waals surface area contributed by atoms with Crippen LogP contribution in [-0.2, 0) is 21.8 Å². The maximum atomic E-state index is 14.9. The standard InChI is InChI=1S/C35H37BrF2N8O4/c1-3-24(2)45-23-40-46(34(45)47)28-7-5-26(6-8-28)42-14-16-43(17-15-42)27-9-11-29(12-10-27)48-19-30-20-49-35(50-30,21-44-22-39-33(36)41-44)31-13-4-25(37)18-32(31)38/h4-13,18,22-24,30H,3,14-17,19-21H2,1-2H3. The highest BCUT2D eigenvalue weighted by Crippen LogP contribution is 2.38. The molecule has 0 saturated carbocycles. The predicted molar refractivity (Wildman–Crippen MR) is 186 cm³/mol. The third-order valence-corrected chi connectivity index (χ3v) is 9.58. The summed E-state index contributed by atoms with van der Waals surface area (Å²) in [6.07, 6.45) is 3.42. The van der Waals surface area contributed by atoms with Crippen LogP contribution >= 0.6 is 15.9 Å². The van der Waals surface area contributed by atoms with Crippen LogP contribution in [0.2, 0.25) is 0 Å². The largest absolute Gasteiger partial charge is 0.491 e. The van der Waals surface area contributed by atoms with Gasteiger partial charge in [0.15, 0.2) is 0 Å². The third kappa shape index (κ3) is 7.02. The van der Waals surface area contributed by atoms with E-state index in [-0.39, 0.29) is 37.1 Å². The molecule has 3 unspecified atom stereocenters. The molecule has 2 aliphatic rings. The van der Waals surface area contributed by atoms with Crippen molar-refractivity contribution in [3.63, 3.8) is 0 Å². The molecular formula is C35H37BrF2N8O4. The molecule has 262 valence electrons. The van der Waals surface area contributed by atoms with Gasteiger partial charge in [0.2, 0.25) is 10.5 Å². The Morgan fingerprint density at radius 1 is 0.960 bits per heavy atom. The van der Waals surface area contributed by atoms with Crippen LogP contribution in [0.25, 0.3) is 5.69 Å². The fourth-order valence-corrected chi connectivity index (χ4v) is 6.57. The zero-order chi connectivity index (χ0) is 34.8. The maximum absolute atomic E-state index is 14.9. The van der Waals surface area contributed by atoms with Crippen LogP contribution < -0.4 is 20.2 Å². The number of halogens is 3. The van der Waals surface area contributed by atoms with Gasteiger partial charge in [-0.3, -0.25) is 4.57 Å². The van der Waals surface area contributed by atoms with Gasteiger partial charge >= 0.3 is 5.69 Å². The fourth-order valence-electron chi connectivity index (χ4n) is 6.28. The monoisotopic (exact) mass is 750 g/mol. The summed E-state index contributed by atoms with van der Waals surface area (Å²) >= 11 is 3.22. The molecular weight excluding hydrogens is 714 g/mol. The Morgan fingerprint density at radius 2 is 1.62 bits per heavy atom. The molecule has 3 aromatic carbocycles. The smallest absolute Gasteiger partial charge is 0.350 e. The van der Waals surface area contributed by atoms with Crippen LogP contribution in [-0.4, -0.2) is 74.6 Å². The second kappa shape index (κ2) is 14.3. The van der Waals surface area contributed by atoms with Crippen molar-refractivity contribution < 1.29 is 23.0 Å². The van der Waals surface area contributed by atoms with Crippen molar-refractivity contribution in [2.45, 2.75) is 44.7 Å². The molecule has 7 rings (SSSR count). The molecule has 2 saturated heterocycles. The Balaban J connectivity index is 0.929. The maximum Gasteiger partial charge on any atom is 0.350 e. The van der Waals surface area contributed by atoms with Gasteiger partial charge in [-0.05, 0) is 89.9 Å². The van der Waals surface area contributed by atoms with E-state index in [1.54, 1.807) is 10.9 Å². The lowest BCUT2D eigenvalue weighted by atomic mass is 10.0. The summed E-state index contributed by atoms with van der Waals surface area (Å²) < 4.78 is 52.0. The molecule has 2 aliphatic heterocycles. The lowest BCUT2D eigenvalue weighted by molar-refractivity contribution is -0.192. The van der Waals surface area contributed by atoms with Gasteiger partial charge in [-0.1, -0.05) is 6.92 Å². The lowest BCUT2D eigenvalue weighted by Gasteiger charge is -2.37. The molecule has 0 N–H and O–H groups in total. The van der Waals surface area contributed by atoms with Gasteiger partial charge in [-0.15, -0.1) is 5.10 Å². The number of rotatable bonds is 11. The SMILES string of the molecule is CCC(C)n1cnn(-c2ccc(N3CCN(c4ccc(OCC5COC(Cn6cnc(Br)n6)(c6ccc(F)cc6F)O5)cc4)CC3)cc2)c1=O. The lowest BCUT2D eigenvalue weighted by Crippen LogP contribution is -2.46. The van der Waals surface area contributed by atoms with E-state index in [0.717, 1.165) is 55.7 Å². The van der Waals surface area contributed by atoms with Crippen LogP contribution in [0.15, 0.2) is 88.9 Å². The highest BCUT2D eigenvalue weighted by atomic mass is 79.9. The number of anilines is 2. The van der Waals surface area contributed by atoms with E-state index < -0.39 is 23.5 Å². The highest BCUT2D eigenvalue weighted by molar-refractivity contribution is 9.10. The molecule has 0 radical (unpaired) electrons. The van der Waals surface area contributed by atoms with Crippen LogP contribution in [0, 0.1) is 11.6 Å². The van der Waals surface area contributed by atoms with Crippen molar-refractivity contribution in [1.82, 2.24) is 29.1 Å². The van der Waals surface area contributed by atoms with Crippen LogP contribution in [0.1, 0.15) is 31.9 Å². The number of benzene rings is 3. The summed E-state index contributed by atoms with van der Waals surface area (Å²) in [5.74, 6) is -2.35. The molecule has 0 bridgehead atoms.